The molecule has 0 spiro atoms. The predicted molar refractivity (Wildman–Crippen MR) is 67.0 cm³/mol. The average molecular weight is 250 g/mol. The van der Waals surface area contributed by atoms with Crippen molar-refractivity contribution in [2.75, 3.05) is 18.4 Å². The number of anilines is 1. The minimum atomic E-state index is -0.165. The van der Waals surface area contributed by atoms with Crippen molar-refractivity contribution in [2.24, 2.45) is 7.05 Å². The molecule has 0 saturated carbocycles. The number of nitrogens with one attached hydrogen (secondary N) is 1. The first-order valence-corrected chi connectivity index (χ1v) is 6.14. The van der Waals surface area contributed by atoms with Crippen LogP contribution in [-0.2, 0) is 16.6 Å². The number of carbonyl (C=O) groups is 2. The van der Waals surface area contributed by atoms with E-state index in [4.69, 9.17) is 0 Å². The number of nitrogens with zero attached hydrogens (tertiary/aromatic N) is 3. The quantitative estimate of drug-likeness (QED) is 0.857. The van der Waals surface area contributed by atoms with Gasteiger partial charge >= 0.3 is 0 Å². The summed E-state index contributed by atoms with van der Waals surface area (Å²) in [7, 11) is 1.82. The molecule has 2 amide bonds. The lowest BCUT2D eigenvalue weighted by Gasteiger charge is -2.25. The smallest absolute Gasteiger partial charge is 0.244 e. The van der Waals surface area contributed by atoms with Crippen LogP contribution in [0.15, 0.2) is 6.20 Å². The van der Waals surface area contributed by atoms with Crippen LogP contribution >= 0.6 is 0 Å². The Bertz CT molecular complexity index is 467. The molecule has 1 aliphatic heterocycles. The maximum atomic E-state index is 11.8. The van der Waals surface area contributed by atoms with Crippen LogP contribution in [0.5, 0.6) is 0 Å². The van der Waals surface area contributed by atoms with Gasteiger partial charge in [0.05, 0.1) is 24.1 Å². The van der Waals surface area contributed by atoms with Gasteiger partial charge < -0.3 is 10.2 Å². The summed E-state index contributed by atoms with van der Waals surface area (Å²) in [6.45, 7) is 2.69. The monoisotopic (exact) mass is 250 g/mol. The third kappa shape index (κ3) is 2.69. The number of aryl methyl sites for hydroxylation is 1. The van der Waals surface area contributed by atoms with E-state index in [-0.39, 0.29) is 18.4 Å². The van der Waals surface area contributed by atoms with E-state index in [9.17, 15) is 9.59 Å². The molecule has 2 rings (SSSR count). The van der Waals surface area contributed by atoms with E-state index in [1.54, 1.807) is 15.8 Å². The summed E-state index contributed by atoms with van der Waals surface area (Å²) in [6, 6.07) is 0. The van der Waals surface area contributed by atoms with Gasteiger partial charge in [0.15, 0.2) is 0 Å². The second-order valence-electron chi connectivity index (χ2n) is 4.59. The van der Waals surface area contributed by atoms with Crippen molar-refractivity contribution in [3.05, 3.63) is 11.9 Å². The van der Waals surface area contributed by atoms with Gasteiger partial charge in [-0.25, -0.2) is 0 Å². The van der Waals surface area contributed by atoms with E-state index >= 15 is 0 Å². The van der Waals surface area contributed by atoms with Crippen molar-refractivity contribution < 1.29 is 9.59 Å². The molecule has 1 aromatic heterocycles. The summed E-state index contributed by atoms with van der Waals surface area (Å²) in [4.78, 5) is 25.0. The summed E-state index contributed by atoms with van der Waals surface area (Å²) < 4.78 is 1.70. The highest BCUT2D eigenvalue weighted by Crippen LogP contribution is 2.13. The van der Waals surface area contributed by atoms with Gasteiger partial charge in [-0.05, 0) is 19.8 Å². The Balaban J connectivity index is 1.92. The molecule has 1 saturated heterocycles. The molecule has 1 aliphatic rings. The minimum Gasteiger partial charge on any atom is -0.333 e. The van der Waals surface area contributed by atoms with Crippen molar-refractivity contribution >= 4 is 17.5 Å². The zero-order valence-corrected chi connectivity index (χ0v) is 10.8. The van der Waals surface area contributed by atoms with Crippen LogP contribution in [0.25, 0.3) is 0 Å². The molecule has 0 aliphatic carbocycles. The van der Waals surface area contributed by atoms with Crippen molar-refractivity contribution in [1.29, 1.82) is 0 Å². The maximum absolute atomic E-state index is 11.8. The first-order valence-electron chi connectivity index (χ1n) is 6.14. The lowest BCUT2D eigenvalue weighted by Crippen LogP contribution is -2.40. The molecule has 98 valence electrons. The van der Waals surface area contributed by atoms with E-state index in [0.717, 1.165) is 18.5 Å². The molecule has 6 nitrogen and oxygen atoms in total. The zero-order valence-electron chi connectivity index (χ0n) is 10.8. The summed E-state index contributed by atoms with van der Waals surface area (Å²) in [6.07, 6.45) is 4.08. The fourth-order valence-corrected chi connectivity index (χ4v) is 2.01. The number of amides is 2. The molecule has 0 atom stereocenters. The second-order valence-corrected chi connectivity index (χ2v) is 4.59. The average Bonchev–Trinajstić information content (AvgIpc) is 2.64. The number of hydrogen-bond acceptors (Lipinski definition) is 3. The van der Waals surface area contributed by atoms with Gasteiger partial charge in [0.1, 0.15) is 0 Å². The normalized spacial score (nSPS) is 15.9. The third-order valence-electron chi connectivity index (χ3n) is 3.27. The van der Waals surface area contributed by atoms with Crippen LogP contribution in [0, 0.1) is 6.92 Å². The Kier molecular flexibility index (Phi) is 3.64. The van der Waals surface area contributed by atoms with E-state index < -0.39 is 0 Å². The SMILES string of the molecule is Cc1c(NC(=O)CN2CCCCC2=O)cnn1C. The zero-order chi connectivity index (χ0) is 13.1. The number of carbonyl (C=O) groups excluding carboxylic acids is 2. The molecule has 0 radical (unpaired) electrons. The number of likely N-dealkylation sites (tertiary alicyclic amines) is 1. The van der Waals surface area contributed by atoms with E-state index in [0.29, 0.717) is 18.7 Å². The van der Waals surface area contributed by atoms with Gasteiger partial charge in [0.2, 0.25) is 11.8 Å². The molecule has 0 bridgehead atoms. The Labute approximate surface area is 106 Å². The fraction of sp³-hybridized carbons (Fsp3) is 0.583. The van der Waals surface area contributed by atoms with Crippen molar-refractivity contribution in [3.63, 3.8) is 0 Å². The minimum absolute atomic E-state index is 0.0688. The van der Waals surface area contributed by atoms with E-state index in [1.165, 1.54) is 0 Å². The van der Waals surface area contributed by atoms with E-state index in [2.05, 4.69) is 10.4 Å². The van der Waals surface area contributed by atoms with Gasteiger partial charge in [0, 0.05) is 20.0 Å². The number of piperidine rings is 1. The first kappa shape index (κ1) is 12.6. The number of rotatable bonds is 3. The first-order chi connectivity index (χ1) is 8.58. The second kappa shape index (κ2) is 5.20. The van der Waals surface area contributed by atoms with Crippen molar-refractivity contribution in [3.8, 4) is 0 Å². The largest absolute Gasteiger partial charge is 0.333 e. The number of hydrogen-bond donors (Lipinski definition) is 1. The Morgan fingerprint density at radius 3 is 2.89 bits per heavy atom. The van der Waals surface area contributed by atoms with Gasteiger partial charge in [0.25, 0.3) is 0 Å². The Morgan fingerprint density at radius 1 is 1.50 bits per heavy atom. The van der Waals surface area contributed by atoms with Gasteiger partial charge in [-0.1, -0.05) is 0 Å². The summed E-state index contributed by atoms with van der Waals surface area (Å²) >= 11 is 0. The molecule has 18 heavy (non-hydrogen) atoms. The van der Waals surface area contributed by atoms with Crippen LogP contribution in [0.4, 0.5) is 5.69 Å². The van der Waals surface area contributed by atoms with Gasteiger partial charge in [-0.15, -0.1) is 0 Å². The molecule has 1 aromatic rings. The van der Waals surface area contributed by atoms with Crippen LogP contribution in [-0.4, -0.2) is 39.6 Å². The highest BCUT2D eigenvalue weighted by Gasteiger charge is 2.20. The lowest BCUT2D eigenvalue weighted by molar-refractivity contribution is -0.136. The van der Waals surface area contributed by atoms with Crippen LogP contribution in [0.3, 0.4) is 0 Å². The molecule has 2 heterocycles. The molecule has 6 heteroatoms. The van der Waals surface area contributed by atoms with Crippen molar-refractivity contribution in [1.82, 2.24) is 14.7 Å². The molecule has 0 aromatic carbocycles. The summed E-state index contributed by atoms with van der Waals surface area (Å²) in [5.41, 5.74) is 1.60. The Morgan fingerprint density at radius 2 is 2.28 bits per heavy atom. The Hall–Kier alpha value is -1.85. The molecular formula is C12H18N4O2. The molecule has 1 fully saturated rings. The molecule has 0 unspecified atom stereocenters. The summed E-state index contributed by atoms with van der Waals surface area (Å²) in [5.74, 6) is -0.0966. The lowest BCUT2D eigenvalue weighted by atomic mass is 10.1. The highest BCUT2D eigenvalue weighted by atomic mass is 16.2. The molecule has 1 N–H and O–H groups in total. The third-order valence-corrected chi connectivity index (χ3v) is 3.27. The number of aromatic nitrogens is 2. The standard InChI is InChI=1S/C12H18N4O2/c1-9-10(7-13-15(9)2)14-11(17)8-16-6-4-3-5-12(16)18/h7H,3-6,8H2,1-2H3,(H,14,17). The predicted octanol–water partition coefficient (Wildman–Crippen LogP) is 0.680. The van der Waals surface area contributed by atoms with Crippen LogP contribution < -0.4 is 5.32 Å². The molecular weight excluding hydrogens is 232 g/mol. The van der Waals surface area contributed by atoms with Gasteiger partial charge in [-0.3, -0.25) is 14.3 Å². The highest BCUT2D eigenvalue weighted by molar-refractivity contribution is 5.94. The van der Waals surface area contributed by atoms with Crippen molar-refractivity contribution in [2.45, 2.75) is 26.2 Å². The topological polar surface area (TPSA) is 67.2 Å². The maximum Gasteiger partial charge on any atom is 0.244 e. The summed E-state index contributed by atoms with van der Waals surface area (Å²) in [5, 5.41) is 6.84. The fourth-order valence-electron chi connectivity index (χ4n) is 2.01. The van der Waals surface area contributed by atoms with E-state index in [1.807, 2.05) is 14.0 Å². The van der Waals surface area contributed by atoms with Crippen LogP contribution in [0.1, 0.15) is 25.0 Å². The van der Waals surface area contributed by atoms with Gasteiger partial charge in [-0.2, -0.15) is 5.10 Å². The van der Waals surface area contributed by atoms with Crippen LogP contribution in [0.2, 0.25) is 0 Å².